The highest BCUT2D eigenvalue weighted by atomic mass is 16.5. The van der Waals surface area contributed by atoms with Gasteiger partial charge in [-0.25, -0.2) is 29.9 Å². The topological polar surface area (TPSA) is 167 Å². The van der Waals surface area contributed by atoms with Crippen LogP contribution in [0.5, 0.6) is 0 Å². The Kier molecular flexibility index (Phi) is 14.7. The van der Waals surface area contributed by atoms with Crippen molar-refractivity contribution in [3.8, 4) is 0 Å². The Balaban J connectivity index is 0.000000181. The van der Waals surface area contributed by atoms with Crippen molar-refractivity contribution in [2.24, 2.45) is 11.8 Å². The van der Waals surface area contributed by atoms with Crippen LogP contribution in [0.15, 0.2) is 49.3 Å². The summed E-state index contributed by atoms with van der Waals surface area (Å²) in [6.07, 6.45) is 14.9. The number of anilines is 2. The summed E-state index contributed by atoms with van der Waals surface area (Å²) >= 11 is 0. The van der Waals surface area contributed by atoms with E-state index in [0.717, 1.165) is 114 Å². The lowest BCUT2D eigenvalue weighted by molar-refractivity contribution is -0.125. The summed E-state index contributed by atoms with van der Waals surface area (Å²) in [6, 6.07) is 4.63. The summed E-state index contributed by atoms with van der Waals surface area (Å²) < 4.78 is 12.5. The lowest BCUT2D eigenvalue weighted by Gasteiger charge is -2.41. The second kappa shape index (κ2) is 20.3. The molecular formula is C44H64N12O4. The van der Waals surface area contributed by atoms with Crippen molar-refractivity contribution >= 4 is 45.5 Å². The molecule has 4 fully saturated rings. The average molecular weight is 825 g/mol. The molecule has 2 amide bonds. The Morgan fingerprint density at radius 1 is 0.583 bits per heavy atom. The number of likely N-dealkylation sites (tertiary alicyclic amines) is 2. The zero-order chi connectivity index (χ0) is 42.2. The summed E-state index contributed by atoms with van der Waals surface area (Å²) in [5.74, 6) is 0.391. The molecular weight excluding hydrogens is 761 g/mol. The zero-order valence-electron chi connectivity index (χ0n) is 36.2. The van der Waals surface area contributed by atoms with Gasteiger partial charge in [0.2, 0.25) is 11.8 Å². The lowest BCUT2D eigenvalue weighted by Crippen LogP contribution is -2.53. The number of ether oxygens (including phenoxy) is 2. The number of carbonyl (C=O) groups is 2. The van der Waals surface area contributed by atoms with Crippen LogP contribution in [0.2, 0.25) is 0 Å². The molecule has 4 aliphatic heterocycles. The molecule has 4 atom stereocenters. The predicted molar refractivity (Wildman–Crippen MR) is 233 cm³/mol. The van der Waals surface area contributed by atoms with Crippen LogP contribution in [-0.4, -0.2) is 153 Å². The molecule has 0 unspecified atom stereocenters. The fourth-order valence-electron chi connectivity index (χ4n) is 8.75. The fourth-order valence-corrected chi connectivity index (χ4v) is 8.75. The van der Waals surface area contributed by atoms with Gasteiger partial charge in [-0.05, 0) is 51.7 Å². The largest absolute Gasteiger partial charge is 0.370 e. The van der Waals surface area contributed by atoms with Crippen LogP contribution < -0.4 is 20.4 Å². The molecule has 4 aromatic rings. The first-order chi connectivity index (χ1) is 29.0. The molecule has 4 aliphatic rings. The van der Waals surface area contributed by atoms with Crippen molar-refractivity contribution in [3.05, 3.63) is 49.3 Å². The van der Waals surface area contributed by atoms with E-state index < -0.39 is 0 Å². The number of rotatable bonds is 10. The highest BCUT2D eigenvalue weighted by Crippen LogP contribution is 2.28. The Bertz CT molecular complexity index is 1870. The van der Waals surface area contributed by atoms with Crippen LogP contribution in [0, 0.1) is 11.8 Å². The SMILES string of the molecule is CC(C)C(=O)NC1CCN(C[C@H]2CN(c3ccnc4nccnc34)C[C@@H](C)O2)CC1.CC(C)C(=O)NC1CCN(C[C@H]2CN(c3ccnc4nccnc34)C[C@@H](C)O2)CC1. The van der Waals surface area contributed by atoms with E-state index in [-0.39, 0.29) is 48.1 Å². The Labute approximate surface area is 354 Å². The number of morpholine rings is 2. The third kappa shape index (κ3) is 11.4. The predicted octanol–water partition coefficient (Wildman–Crippen LogP) is 3.71. The van der Waals surface area contributed by atoms with Crippen molar-refractivity contribution in [2.45, 2.75) is 104 Å². The van der Waals surface area contributed by atoms with Crippen LogP contribution in [-0.2, 0) is 19.1 Å². The number of nitrogens with zero attached hydrogens (tertiary/aromatic N) is 10. The van der Waals surface area contributed by atoms with Crippen molar-refractivity contribution in [1.82, 2.24) is 50.3 Å². The molecule has 0 radical (unpaired) electrons. The van der Waals surface area contributed by atoms with Crippen molar-refractivity contribution in [1.29, 1.82) is 0 Å². The van der Waals surface area contributed by atoms with Gasteiger partial charge in [-0.15, -0.1) is 0 Å². The molecule has 0 aliphatic carbocycles. The highest BCUT2D eigenvalue weighted by Gasteiger charge is 2.32. The lowest BCUT2D eigenvalue weighted by atomic mass is 10.0. The van der Waals surface area contributed by atoms with E-state index in [0.29, 0.717) is 23.4 Å². The second-order valence-corrected chi connectivity index (χ2v) is 17.5. The van der Waals surface area contributed by atoms with Crippen LogP contribution in [0.1, 0.15) is 67.2 Å². The van der Waals surface area contributed by atoms with Crippen LogP contribution in [0.3, 0.4) is 0 Å². The maximum atomic E-state index is 11.9. The van der Waals surface area contributed by atoms with E-state index in [1.807, 2.05) is 39.8 Å². The summed E-state index contributed by atoms with van der Waals surface area (Å²) in [5.41, 5.74) is 5.18. The van der Waals surface area contributed by atoms with Gasteiger partial charge in [0.15, 0.2) is 11.3 Å². The molecule has 0 saturated carbocycles. The number of amides is 2. The standard InChI is InChI=1S/2C22H32N6O2/c2*1-15(2)22(29)26-17-5-10-27(11-6-17)13-18-14-28(12-16(3)30-18)19-4-7-24-21-20(19)23-8-9-25-21/h2*4,7-9,15-18H,5-6,10-14H2,1-3H3,(H,26,29)/t2*16-,18+/m11/s1. The van der Waals surface area contributed by atoms with Gasteiger partial charge in [0, 0.05) is 127 Å². The van der Waals surface area contributed by atoms with E-state index in [4.69, 9.17) is 9.47 Å². The zero-order valence-corrected chi connectivity index (χ0v) is 36.2. The molecule has 4 saturated heterocycles. The van der Waals surface area contributed by atoms with Gasteiger partial charge in [0.1, 0.15) is 11.0 Å². The summed E-state index contributed by atoms with van der Waals surface area (Å²) in [6.45, 7) is 21.1. The Morgan fingerprint density at radius 3 is 1.33 bits per heavy atom. The number of carbonyl (C=O) groups excluding carboxylic acids is 2. The van der Waals surface area contributed by atoms with Gasteiger partial charge in [-0.1, -0.05) is 27.7 Å². The molecule has 324 valence electrons. The Morgan fingerprint density at radius 2 is 0.950 bits per heavy atom. The monoisotopic (exact) mass is 825 g/mol. The molecule has 16 nitrogen and oxygen atoms in total. The first-order valence-corrected chi connectivity index (χ1v) is 22.0. The minimum Gasteiger partial charge on any atom is -0.370 e. The quantitative estimate of drug-likeness (QED) is 0.238. The molecule has 8 rings (SSSR count). The first-order valence-electron chi connectivity index (χ1n) is 22.0. The van der Waals surface area contributed by atoms with Gasteiger partial charge in [0.25, 0.3) is 0 Å². The van der Waals surface area contributed by atoms with Crippen LogP contribution in [0.25, 0.3) is 22.3 Å². The summed E-state index contributed by atoms with van der Waals surface area (Å²) in [7, 11) is 0. The maximum Gasteiger partial charge on any atom is 0.222 e. The molecule has 0 bridgehead atoms. The van der Waals surface area contributed by atoms with E-state index in [2.05, 4.69) is 74.0 Å². The van der Waals surface area contributed by atoms with Crippen LogP contribution in [0.4, 0.5) is 11.4 Å². The number of pyridine rings is 2. The molecule has 0 spiro atoms. The van der Waals surface area contributed by atoms with Crippen LogP contribution >= 0.6 is 0 Å². The van der Waals surface area contributed by atoms with Crippen molar-refractivity contribution < 1.29 is 19.1 Å². The maximum absolute atomic E-state index is 11.9. The van der Waals surface area contributed by atoms with Crippen molar-refractivity contribution in [2.75, 3.05) is 75.2 Å². The molecule has 8 heterocycles. The number of hydrogen-bond acceptors (Lipinski definition) is 14. The minimum atomic E-state index is 0.0418. The van der Waals surface area contributed by atoms with E-state index in [9.17, 15) is 9.59 Å². The molecule has 16 heteroatoms. The van der Waals surface area contributed by atoms with Gasteiger partial charge in [-0.3, -0.25) is 9.59 Å². The normalized spacial score (nSPS) is 23.8. The smallest absolute Gasteiger partial charge is 0.222 e. The van der Waals surface area contributed by atoms with Crippen molar-refractivity contribution in [3.63, 3.8) is 0 Å². The molecule has 0 aromatic carbocycles. The summed E-state index contributed by atoms with van der Waals surface area (Å²) in [5, 5.41) is 6.34. The van der Waals surface area contributed by atoms with Gasteiger partial charge < -0.3 is 39.7 Å². The fraction of sp³-hybridized carbons (Fsp3) is 0.636. The van der Waals surface area contributed by atoms with Gasteiger partial charge in [-0.2, -0.15) is 0 Å². The van der Waals surface area contributed by atoms with E-state index in [1.54, 1.807) is 37.2 Å². The third-order valence-corrected chi connectivity index (χ3v) is 11.9. The number of piperidine rings is 2. The van der Waals surface area contributed by atoms with Gasteiger partial charge in [0.05, 0.1) is 35.8 Å². The molecule has 2 N–H and O–H groups in total. The minimum absolute atomic E-state index is 0.0418. The molecule has 4 aromatic heterocycles. The third-order valence-electron chi connectivity index (χ3n) is 11.9. The van der Waals surface area contributed by atoms with Gasteiger partial charge >= 0.3 is 0 Å². The number of aromatic nitrogens is 6. The molecule has 60 heavy (non-hydrogen) atoms. The highest BCUT2D eigenvalue weighted by molar-refractivity contribution is 5.86. The van der Waals surface area contributed by atoms with E-state index in [1.165, 1.54) is 0 Å². The average Bonchev–Trinajstić information content (AvgIpc) is 3.24. The second-order valence-electron chi connectivity index (χ2n) is 17.5. The number of fused-ring (bicyclic) bond motifs is 2. The summed E-state index contributed by atoms with van der Waals surface area (Å²) in [4.78, 5) is 59.9. The van der Waals surface area contributed by atoms with E-state index >= 15 is 0 Å². The number of nitrogens with one attached hydrogen (secondary N) is 2. The number of hydrogen-bond donors (Lipinski definition) is 2. The first kappa shape index (κ1) is 43.4. The Hall–Kier alpha value is -4.64.